The first-order chi connectivity index (χ1) is 14.0. The number of nitrogens with one attached hydrogen (secondary N) is 1. The molecule has 1 N–H and O–H groups in total. The lowest BCUT2D eigenvalue weighted by atomic mass is 9.93. The summed E-state index contributed by atoms with van der Waals surface area (Å²) in [4.78, 5) is 14.6. The van der Waals surface area contributed by atoms with Gasteiger partial charge in [0.2, 0.25) is 5.91 Å². The number of benzene rings is 2. The van der Waals surface area contributed by atoms with Gasteiger partial charge in [0, 0.05) is 13.6 Å². The van der Waals surface area contributed by atoms with Crippen molar-refractivity contribution in [3.8, 4) is 0 Å². The second kappa shape index (κ2) is 9.71. The summed E-state index contributed by atoms with van der Waals surface area (Å²) in [5.74, 6) is 0.654. The number of hydrogen-bond acceptors (Lipinski definition) is 2. The number of hydrogen-bond donors (Lipinski definition) is 1. The van der Waals surface area contributed by atoms with Gasteiger partial charge in [0.1, 0.15) is 0 Å². The van der Waals surface area contributed by atoms with Gasteiger partial charge in [-0.05, 0) is 53.6 Å². The predicted molar refractivity (Wildman–Crippen MR) is 123 cm³/mol. The molecular weight excluding hydrogens is 356 g/mol. The summed E-state index contributed by atoms with van der Waals surface area (Å²) in [6.45, 7) is 5.00. The third kappa shape index (κ3) is 5.04. The van der Waals surface area contributed by atoms with Crippen molar-refractivity contribution < 1.29 is 4.79 Å². The maximum Gasteiger partial charge on any atom is 0.239 e. The molecule has 29 heavy (non-hydrogen) atoms. The van der Waals surface area contributed by atoms with Gasteiger partial charge < -0.3 is 10.2 Å². The second-order valence-electron chi connectivity index (χ2n) is 8.14. The summed E-state index contributed by atoms with van der Waals surface area (Å²) in [5.41, 5.74) is 6.19. The van der Waals surface area contributed by atoms with Gasteiger partial charge in [-0.25, -0.2) is 0 Å². The lowest BCUT2D eigenvalue weighted by Crippen LogP contribution is -2.44. The van der Waals surface area contributed by atoms with Crippen LogP contribution in [-0.4, -0.2) is 37.5 Å². The van der Waals surface area contributed by atoms with Crippen LogP contribution in [0.25, 0.3) is 17.7 Å². The minimum absolute atomic E-state index is 0.115. The van der Waals surface area contributed by atoms with Gasteiger partial charge >= 0.3 is 0 Å². The van der Waals surface area contributed by atoms with Crippen LogP contribution in [0.1, 0.15) is 48.9 Å². The van der Waals surface area contributed by atoms with Crippen molar-refractivity contribution in [3.63, 3.8) is 0 Å². The van der Waals surface area contributed by atoms with Crippen molar-refractivity contribution in [1.82, 2.24) is 10.2 Å². The van der Waals surface area contributed by atoms with Crippen LogP contribution in [0.5, 0.6) is 0 Å². The fourth-order valence-corrected chi connectivity index (χ4v) is 3.91. The van der Waals surface area contributed by atoms with E-state index in [1.54, 1.807) is 0 Å². The van der Waals surface area contributed by atoms with Crippen LogP contribution in [0.2, 0.25) is 0 Å². The quantitative estimate of drug-likeness (QED) is 0.612. The summed E-state index contributed by atoms with van der Waals surface area (Å²) in [6, 6.07) is 16.9. The van der Waals surface area contributed by atoms with E-state index in [1.807, 2.05) is 19.0 Å². The minimum Gasteiger partial charge on any atom is -0.344 e. The van der Waals surface area contributed by atoms with E-state index < -0.39 is 0 Å². The highest BCUT2D eigenvalue weighted by atomic mass is 16.2. The van der Waals surface area contributed by atoms with Crippen LogP contribution in [0.15, 0.2) is 54.6 Å². The molecule has 1 aliphatic carbocycles. The zero-order valence-corrected chi connectivity index (χ0v) is 18.0. The molecular formula is C26H32N2O. The average molecular weight is 389 g/mol. The number of nitrogens with zero attached hydrogens (tertiary/aromatic N) is 1. The fourth-order valence-electron chi connectivity index (χ4n) is 3.91. The molecule has 0 unspecified atom stereocenters. The van der Waals surface area contributed by atoms with E-state index in [9.17, 15) is 4.79 Å². The Bertz CT molecular complexity index is 859. The largest absolute Gasteiger partial charge is 0.344 e. The van der Waals surface area contributed by atoms with Gasteiger partial charge in [-0.1, -0.05) is 80.6 Å². The lowest BCUT2D eigenvalue weighted by molar-refractivity contribution is -0.132. The van der Waals surface area contributed by atoms with Crippen molar-refractivity contribution >= 4 is 23.6 Å². The molecule has 0 aliphatic heterocycles. The molecule has 0 aromatic heterocycles. The molecule has 3 nitrogen and oxygen atoms in total. The normalized spacial score (nSPS) is 13.5. The average Bonchev–Trinajstić information content (AvgIpc) is 2.88. The summed E-state index contributed by atoms with van der Waals surface area (Å²) >= 11 is 0. The second-order valence-corrected chi connectivity index (χ2v) is 8.14. The summed E-state index contributed by atoms with van der Waals surface area (Å²) in [5, 5.41) is 3.17. The molecule has 1 atom stereocenters. The molecule has 3 heteroatoms. The Hall–Kier alpha value is -2.65. The Morgan fingerprint density at radius 2 is 1.55 bits per heavy atom. The van der Waals surface area contributed by atoms with E-state index in [1.165, 1.54) is 27.8 Å². The summed E-state index contributed by atoms with van der Waals surface area (Å²) < 4.78 is 0. The molecule has 0 radical (unpaired) electrons. The van der Waals surface area contributed by atoms with Crippen molar-refractivity contribution in [2.45, 2.75) is 32.7 Å². The first-order valence-corrected chi connectivity index (χ1v) is 10.5. The monoisotopic (exact) mass is 388 g/mol. The van der Waals surface area contributed by atoms with E-state index in [2.05, 4.69) is 85.9 Å². The summed E-state index contributed by atoms with van der Waals surface area (Å²) in [6.07, 6.45) is 8.33. The fraction of sp³-hybridized carbons (Fsp3) is 0.346. The topological polar surface area (TPSA) is 32.3 Å². The highest BCUT2D eigenvalue weighted by Gasteiger charge is 2.21. The zero-order chi connectivity index (χ0) is 20.8. The Balaban J connectivity index is 1.80. The SMILES string of the molecule is CN[C@@H](CC(C)C)C(=O)N(C)CCC=C1c2ccccc2C=Cc2ccccc21. The number of amides is 1. The van der Waals surface area contributed by atoms with Gasteiger partial charge in [0.05, 0.1) is 6.04 Å². The Morgan fingerprint density at radius 3 is 2.07 bits per heavy atom. The predicted octanol–water partition coefficient (Wildman–Crippen LogP) is 5.08. The van der Waals surface area contributed by atoms with Gasteiger partial charge in [0.25, 0.3) is 0 Å². The number of carbonyl (C=O) groups is 1. The number of likely N-dealkylation sites (N-methyl/N-ethyl adjacent to an activating group) is 2. The Morgan fingerprint density at radius 1 is 1.00 bits per heavy atom. The molecule has 3 rings (SSSR count). The van der Waals surface area contributed by atoms with E-state index in [4.69, 9.17) is 0 Å². The van der Waals surface area contributed by atoms with Crippen LogP contribution in [0.3, 0.4) is 0 Å². The smallest absolute Gasteiger partial charge is 0.239 e. The number of carbonyl (C=O) groups excluding carboxylic acids is 1. The van der Waals surface area contributed by atoms with Crippen LogP contribution in [0.4, 0.5) is 0 Å². The highest BCUT2D eigenvalue weighted by Crippen LogP contribution is 2.33. The number of fused-ring (bicyclic) bond motifs is 2. The van der Waals surface area contributed by atoms with Crippen molar-refractivity contribution in [1.29, 1.82) is 0 Å². The van der Waals surface area contributed by atoms with E-state index in [0.29, 0.717) is 12.5 Å². The minimum atomic E-state index is -0.115. The first kappa shape index (κ1) is 21.1. The molecule has 0 spiro atoms. The molecule has 0 saturated carbocycles. The van der Waals surface area contributed by atoms with Gasteiger partial charge in [0.15, 0.2) is 0 Å². The van der Waals surface area contributed by atoms with Crippen LogP contribution in [-0.2, 0) is 4.79 Å². The molecule has 0 bridgehead atoms. The Kier molecular flexibility index (Phi) is 7.05. The van der Waals surface area contributed by atoms with Gasteiger partial charge in [-0.15, -0.1) is 0 Å². The van der Waals surface area contributed by atoms with Crippen molar-refractivity contribution in [2.75, 3.05) is 20.6 Å². The number of rotatable bonds is 7. The molecule has 1 amide bonds. The molecule has 1 aliphatic rings. The van der Waals surface area contributed by atoms with E-state index in [0.717, 1.165) is 12.8 Å². The van der Waals surface area contributed by atoms with Crippen molar-refractivity contribution in [2.24, 2.45) is 5.92 Å². The van der Waals surface area contributed by atoms with E-state index in [-0.39, 0.29) is 11.9 Å². The third-order valence-corrected chi connectivity index (χ3v) is 5.49. The molecule has 2 aromatic rings. The molecule has 0 heterocycles. The Labute approximate surface area is 175 Å². The van der Waals surface area contributed by atoms with Gasteiger partial charge in [-0.3, -0.25) is 4.79 Å². The van der Waals surface area contributed by atoms with Crippen molar-refractivity contribution in [3.05, 3.63) is 76.9 Å². The lowest BCUT2D eigenvalue weighted by Gasteiger charge is -2.24. The van der Waals surface area contributed by atoms with Crippen LogP contribution in [0, 0.1) is 5.92 Å². The maximum atomic E-state index is 12.8. The standard InChI is InChI=1S/C26H32N2O/c1-19(2)18-25(27-3)26(29)28(4)17-9-14-24-22-12-7-5-10-20(22)15-16-21-11-6-8-13-23(21)24/h5-8,10-16,19,25,27H,9,17-18H2,1-4H3/t25-/m0/s1. The van der Waals surface area contributed by atoms with Crippen LogP contribution >= 0.6 is 0 Å². The molecule has 0 saturated heterocycles. The first-order valence-electron chi connectivity index (χ1n) is 10.5. The molecule has 0 fully saturated rings. The maximum absolute atomic E-state index is 12.8. The van der Waals surface area contributed by atoms with Crippen LogP contribution < -0.4 is 5.32 Å². The van der Waals surface area contributed by atoms with Gasteiger partial charge in [-0.2, -0.15) is 0 Å². The van der Waals surface area contributed by atoms with E-state index >= 15 is 0 Å². The molecule has 2 aromatic carbocycles. The third-order valence-electron chi connectivity index (χ3n) is 5.49. The highest BCUT2D eigenvalue weighted by molar-refractivity contribution is 5.93. The zero-order valence-electron chi connectivity index (χ0n) is 18.0. The summed E-state index contributed by atoms with van der Waals surface area (Å²) in [7, 11) is 3.77. The molecule has 152 valence electrons.